The molecule has 7 heteroatoms. The highest BCUT2D eigenvalue weighted by Crippen LogP contribution is 2.16. The Kier molecular flexibility index (Phi) is 3.96. The van der Waals surface area contributed by atoms with Crippen molar-refractivity contribution in [3.8, 4) is 5.75 Å². The molecular weight excluding hydrogens is 246 g/mol. The van der Waals surface area contributed by atoms with Crippen LogP contribution in [0.2, 0.25) is 0 Å². The lowest BCUT2D eigenvalue weighted by atomic mass is 10.3. The molecule has 7 nitrogen and oxygen atoms in total. The molecule has 102 valence electrons. The van der Waals surface area contributed by atoms with E-state index in [1.165, 1.54) is 0 Å². The third-order valence-electron chi connectivity index (χ3n) is 2.69. The molecule has 0 spiro atoms. The molecule has 0 fully saturated rings. The van der Waals surface area contributed by atoms with E-state index in [9.17, 15) is 4.91 Å². The van der Waals surface area contributed by atoms with Gasteiger partial charge >= 0.3 is 5.52 Å². The summed E-state index contributed by atoms with van der Waals surface area (Å²) in [6.45, 7) is 1.55. The predicted octanol–water partition coefficient (Wildman–Crippen LogP) is 0.459. The lowest BCUT2D eigenvalue weighted by Gasteiger charge is -2.09. The molecule has 0 bridgehead atoms. The van der Waals surface area contributed by atoms with Gasteiger partial charge in [-0.1, -0.05) is 5.10 Å². The van der Waals surface area contributed by atoms with Crippen LogP contribution in [0, 0.1) is 4.91 Å². The maximum Gasteiger partial charge on any atom is 0.318 e. The van der Waals surface area contributed by atoms with E-state index in [2.05, 4.69) is 15.4 Å². The van der Waals surface area contributed by atoms with Gasteiger partial charge < -0.3 is 15.0 Å². The van der Waals surface area contributed by atoms with Gasteiger partial charge in [0.1, 0.15) is 5.75 Å². The molecule has 1 heterocycles. The topological polar surface area (TPSA) is 76.2 Å². The van der Waals surface area contributed by atoms with Gasteiger partial charge in [-0.15, -0.1) is 0 Å². The van der Waals surface area contributed by atoms with E-state index in [1.54, 1.807) is 25.3 Å². The number of nitrogens with zero attached hydrogens (tertiary/aromatic N) is 3. The van der Waals surface area contributed by atoms with Gasteiger partial charge in [-0.2, -0.15) is 0 Å². The van der Waals surface area contributed by atoms with Crippen molar-refractivity contribution in [1.29, 1.82) is 0 Å². The Morgan fingerprint density at radius 2 is 2.26 bits per heavy atom. The van der Waals surface area contributed by atoms with Gasteiger partial charge in [-0.05, 0) is 20.2 Å². The van der Waals surface area contributed by atoms with Crippen LogP contribution in [-0.2, 0) is 0 Å². The number of methoxy groups -OCH3 is 1. The molecule has 0 amide bonds. The lowest BCUT2D eigenvalue weighted by Crippen LogP contribution is -2.26. The Morgan fingerprint density at radius 1 is 1.47 bits per heavy atom. The van der Waals surface area contributed by atoms with E-state index in [-0.39, 0.29) is 0 Å². The van der Waals surface area contributed by atoms with Gasteiger partial charge in [0.15, 0.2) is 10.1 Å². The second-order valence-electron chi connectivity index (χ2n) is 4.45. The van der Waals surface area contributed by atoms with Crippen LogP contribution >= 0.6 is 0 Å². The molecule has 0 radical (unpaired) electrons. The molecule has 0 saturated carbocycles. The Balaban J connectivity index is 2.28. The van der Waals surface area contributed by atoms with Crippen molar-refractivity contribution in [1.82, 2.24) is 15.0 Å². The lowest BCUT2D eigenvalue weighted by molar-refractivity contribution is -0.535. The number of aromatic nitrogens is 3. The van der Waals surface area contributed by atoms with E-state index < -0.39 is 0 Å². The molecule has 2 aromatic rings. The monoisotopic (exact) mass is 264 g/mol. The van der Waals surface area contributed by atoms with Crippen molar-refractivity contribution in [3.63, 3.8) is 0 Å². The number of ether oxygens (including phenoxy) is 1. The minimum atomic E-state index is 0.442. The number of hydrogen-bond donors (Lipinski definition) is 2. The van der Waals surface area contributed by atoms with Crippen LogP contribution in [0.25, 0.3) is 11.0 Å². The third-order valence-corrected chi connectivity index (χ3v) is 2.69. The summed E-state index contributed by atoms with van der Waals surface area (Å²) in [4.78, 5) is 18.2. The fourth-order valence-electron chi connectivity index (χ4n) is 1.67. The molecule has 0 unspecified atom stereocenters. The highest BCUT2D eigenvalue weighted by atomic mass is 16.5. The highest BCUT2D eigenvalue weighted by Gasteiger charge is 2.11. The molecule has 1 aromatic carbocycles. The minimum Gasteiger partial charge on any atom is -0.497 e. The van der Waals surface area contributed by atoms with Gasteiger partial charge in [0.2, 0.25) is 0 Å². The van der Waals surface area contributed by atoms with Gasteiger partial charge in [0.25, 0.3) is 5.95 Å². The molecule has 0 aliphatic carbocycles. The van der Waals surface area contributed by atoms with Crippen LogP contribution in [0.5, 0.6) is 5.75 Å². The first-order valence-electron chi connectivity index (χ1n) is 5.99. The normalized spacial score (nSPS) is 10.9. The SMILES string of the molecule is COc1ccc2c(c1)nc(NCCN(C)C)[nH][n+]2=O. The summed E-state index contributed by atoms with van der Waals surface area (Å²) in [6.07, 6.45) is 0. The van der Waals surface area contributed by atoms with Crippen molar-refractivity contribution < 1.29 is 9.28 Å². The fourth-order valence-corrected chi connectivity index (χ4v) is 1.67. The van der Waals surface area contributed by atoms with E-state index in [1.807, 2.05) is 19.0 Å². The summed E-state index contributed by atoms with van der Waals surface area (Å²) in [6, 6.07) is 5.13. The number of benzene rings is 1. The first-order chi connectivity index (χ1) is 9.10. The van der Waals surface area contributed by atoms with Crippen molar-refractivity contribution in [2.75, 3.05) is 39.6 Å². The Hall–Kier alpha value is -2.15. The van der Waals surface area contributed by atoms with Gasteiger partial charge in [0, 0.05) is 25.2 Å². The summed E-state index contributed by atoms with van der Waals surface area (Å²) >= 11 is 0. The van der Waals surface area contributed by atoms with E-state index in [0.29, 0.717) is 33.8 Å². The highest BCUT2D eigenvalue weighted by molar-refractivity contribution is 5.73. The first kappa shape index (κ1) is 13.3. The molecule has 2 rings (SSSR count). The third kappa shape index (κ3) is 3.19. The number of fused-ring (bicyclic) bond motifs is 1. The van der Waals surface area contributed by atoms with Crippen molar-refractivity contribution in [2.45, 2.75) is 0 Å². The maximum atomic E-state index is 11.8. The second-order valence-corrected chi connectivity index (χ2v) is 4.45. The summed E-state index contributed by atoms with van der Waals surface area (Å²) in [5.74, 6) is 1.11. The number of aromatic amines is 1. The van der Waals surface area contributed by atoms with Crippen molar-refractivity contribution in [2.24, 2.45) is 0 Å². The van der Waals surface area contributed by atoms with E-state index in [4.69, 9.17) is 4.74 Å². The van der Waals surface area contributed by atoms with Crippen molar-refractivity contribution >= 4 is 17.0 Å². The zero-order valence-corrected chi connectivity index (χ0v) is 11.3. The zero-order chi connectivity index (χ0) is 13.8. The van der Waals surface area contributed by atoms with Crippen LogP contribution in [-0.4, -0.2) is 49.3 Å². The summed E-state index contributed by atoms with van der Waals surface area (Å²) in [5.41, 5.74) is 1.06. The van der Waals surface area contributed by atoms with Crippen LogP contribution < -0.4 is 14.6 Å². The largest absolute Gasteiger partial charge is 0.497 e. The quantitative estimate of drug-likeness (QED) is 0.767. The molecule has 2 N–H and O–H groups in total. The Labute approximate surface area is 110 Å². The number of H-pyrrole nitrogens is 1. The zero-order valence-electron chi connectivity index (χ0n) is 11.3. The van der Waals surface area contributed by atoms with Crippen LogP contribution in [0.3, 0.4) is 0 Å². The maximum absolute atomic E-state index is 11.8. The van der Waals surface area contributed by atoms with Crippen molar-refractivity contribution in [3.05, 3.63) is 23.1 Å². The van der Waals surface area contributed by atoms with Crippen LogP contribution in [0.15, 0.2) is 18.2 Å². The number of nitrogens with one attached hydrogen (secondary N) is 2. The number of likely N-dealkylation sites (N-methyl/N-ethyl adjacent to an activating group) is 1. The first-order valence-corrected chi connectivity index (χ1v) is 5.99. The van der Waals surface area contributed by atoms with Gasteiger partial charge in [-0.25, -0.2) is 4.98 Å². The minimum absolute atomic E-state index is 0.442. The fraction of sp³-hybridized carbons (Fsp3) is 0.417. The van der Waals surface area contributed by atoms with Gasteiger partial charge in [-0.3, -0.25) is 0 Å². The van der Waals surface area contributed by atoms with Crippen LogP contribution in [0.1, 0.15) is 0 Å². The summed E-state index contributed by atoms with van der Waals surface area (Å²) in [7, 11) is 5.55. The molecule has 0 aliphatic heterocycles. The number of anilines is 1. The molecule has 0 atom stereocenters. The standard InChI is InChI=1S/C12H18N5O2/c1-16(2)7-6-13-12-14-10-8-9(19-3)4-5-11(10)17(18)15-12/h4-5,8H,6-7H2,1-3H3,(H2,13,14,15,18)/q+1. The second kappa shape index (κ2) is 5.66. The molecule has 1 aromatic heterocycles. The van der Waals surface area contributed by atoms with E-state index in [0.717, 1.165) is 6.54 Å². The molecule has 0 saturated heterocycles. The number of rotatable bonds is 5. The molecule has 19 heavy (non-hydrogen) atoms. The Bertz CT molecular complexity index is 623. The van der Waals surface area contributed by atoms with Crippen LogP contribution in [0.4, 0.5) is 5.95 Å². The Morgan fingerprint density at radius 3 is 2.95 bits per heavy atom. The molecular formula is C12H18N5O2+. The number of hydrogen-bond acceptors (Lipinski definition) is 5. The summed E-state index contributed by atoms with van der Waals surface area (Å²) < 4.78 is 5.82. The predicted molar refractivity (Wildman–Crippen MR) is 73.1 cm³/mol. The average Bonchev–Trinajstić information content (AvgIpc) is 2.37. The van der Waals surface area contributed by atoms with E-state index >= 15 is 0 Å². The van der Waals surface area contributed by atoms with Gasteiger partial charge in [0.05, 0.1) is 12.0 Å². The average molecular weight is 264 g/mol. The molecule has 0 aliphatic rings. The smallest absolute Gasteiger partial charge is 0.318 e. The summed E-state index contributed by atoms with van der Waals surface area (Å²) in [5, 5.41) is 5.72.